The van der Waals surface area contributed by atoms with Crippen molar-refractivity contribution in [2.75, 3.05) is 7.18 Å². The second-order valence-electron chi connectivity index (χ2n) is 1.93. The first-order valence-electron chi connectivity index (χ1n) is 3.14. The summed E-state index contributed by atoms with van der Waals surface area (Å²) in [4.78, 5) is 12.0. The summed E-state index contributed by atoms with van der Waals surface area (Å²) in [5.41, 5.74) is -1.77. The van der Waals surface area contributed by atoms with Crippen molar-refractivity contribution in [2.45, 2.75) is 6.18 Å². The van der Waals surface area contributed by atoms with Gasteiger partial charge in [0.25, 0.3) is 0 Å². The summed E-state index contributed by atoms with van der Waals surface area (Å²) in [5, 5.41) is 0. The molecule has 0 atom stereocenters. The number of aromatic nitrogens is 1. The number of aromatic amines is 1. The number of pyridine rings is 1. The van der Waals surface area contributed by atoms with Gasteiger partial charge in [0.2, 0.25) is 5.56 Å². The lowest BCUT2D eigenvalue weighted by Crippen LogP contribution is -2.14. The predicted octanol–water partition coefficient (Wildman–Crippen LogP) is 1.98. The van der Waals surface area contributed by atoms with Crippen molar-refractivity contribution >= 4 is 0 Å². The molecule has 0 saturated carbocycles. The zero-order valence-electron chi connectivity index (χ0n) is 6.65. The summed E-state index contributed by atoms with van der Waals surface area (Å²) in [6.07, 6.45) is -4.47. The van der Waals surface area contributed by atoms with Gasteiger partial charge in [-0.3, -0.25) is 9.18 Å². The van der Waals surface area contributed by atoms with E-state index in [-0.39, 0.29) is 0 Å². The summed E-state index contributed by atoms with van der Waals surface area (Å²) < 4.78 is 44.9. The topological polar surface area (TPSA) is 32.9 Å². The lowest BCUT2D eigenvalue weighted by Gasteiger charge is -2.03. The van der Waals surface area contributed by atoms with E-state index in [9.17, 15) is 22.4 Å². The van der Waals surface area contributed by atoms with Crippen LogP contribution in [0.25, 0.3) is 0 Å². The molecule has 0 amide bonds. The molecule has 1 N–H and O–H groups in total. The van der Waals surface area contributed by atoms with Crippen LogP contribution in [-0.4, -0.2) is 12.2 Å². The van der Waals surface area contributed by atoms with Gasteiger partial charge in [0.1, 0.15) is 5.69 Å². The van der Waals surface area contributed by atoms with Crippen molar-refractivity contribution in [3.8, 4) is 0 Å². The molecule has 2 nitrogen and oxygen atoms in total. The molecule has 0 radical (unpaired) electrons. The third-order valence-corrected chi connectivity index (χ3v) is 1.07. The van der Waals surface area contributed by atoms with Crippen LogP contribution in [0.3, 0.4) is 0 Å². The number of halogens is 4. The van der Waals surface area contributed by atoms with Crippen molar-refractivity contribution in [3.63, 3.8) is 0 Å². The van der Waals surface area contributed by atoms with Gasteiger partial charge in [-0.15, -0.1) is 0 Å². The number of nitrogens with one attached hydrogen (secondary N) is 1. The van der Waals surface area contributed by atoms with E-state index in [0.717, 1.165) is 18.2 Å². The van der Waals surface area contributed by atoms with Gasteiger partial charge >= 0.3 is 6.18 Å². The molecule has 1 aromatic rings. The van der Waals surface area contributed by atoms with Crippen LogP contribution in [0, 0.1) is 0 Å². The van der Waals surface area contributed by atoms with Gasteiger partial charge in [0.05, 0.1) is 7.18 Å². The Morgan fingerprint density at radius 1 is 1.23 bits per heavy atom. The number of hydrogen-bond acceptors (Lipinski definition) is 1. The molecule has 0 aliphatic heterocycles. The van der Waals surface area contributed by atoms with E-state index in [2.05, 4.69) is 0 Å². The zero-order chi connectivity index (χ0) is 10.5. The summed E-state index contributed by atoms with van der Waals surface area (Å²) in [6, 6.07) is 2.89. The quantitative estimate of drug-likeness (QED) is 0.634. The molecule has 13 heavy (non-hydrogen) atoms. The van der Waals surface area contributed by atoms with E-state index >= 15 is 0 Å². The summed E-state index contributed by atoms with van der Waals surface area (Å²) in [7, 11) is 0.500. The maximum atomic E-state index is 11.8. The second kappa shape index (κ2) is 4.64. The van der Waals surface area contributed by atoms with Gasteiger partial charge in [-0.25, -0.2) is 0 Å². The first-order chi connectivity index (χ1) is 6.00. The molecule has 0 aliphatic rings. The van der Waals surface area contributed by atoms with E-state index in [1.54, 1.807) is 4.98 Å². The lowest BCUT2D eigenvalue weighted by molar-refractivity contribution is -0.141. The number of H-pyrrole nitrogens is 1. The van der Waals surface area contributed by atoms with E-state index in [4.69, 9.17) is 0 Å². The maximum absolute atomic E-state index is 11.8. The van der Waals surface area contributed by atoms with Crippen LogP contribution < -0.4 is 5.56 Å². The Morgan fingerprint density at radius 3 is 2.08 bits per heavy atom. The fourth-order valence-corrected chi connectivity index (χ4v) is 0.613. The minimum atomic E-state index is -4.47. The monoisotopic (exact) mass is 197 g/mol. The Hall–Kier alpha value is -1.33. The normalized spacial score (nSPS) is 10.2. The van der Waals surface area contributed by atoms with Gasteiger partial charge < -0.3 is 4.98 Å². The highest BCUT2D eigenvalue weighted by Gasteiger charge is 2.31. The summed E-state index contributed by atoms with van der Waals surface area (Å²) in [6.45, 7) is 0. The molecule has 0 saturated heterocycles. The number of rotatable bonds is 0. The molecule has 6 heteroatoms. The predicted molar refractivity (Wildman–Crippen MR) is 39.1 cm³/mol. The molecule has 1 heterocycles. The molecule has 74 valence electrons. The van der Waals surface area contributed by atoms with Crippen LogP contribution in [0.5, 0.6) is 0 Å². The van der Waals surface area contributed by atoms with Crippen LogP contribution in [-0.2, 0) is 6.18 Å². The molecule has 1 rings (SSSR count). The van der Waals surface area contributed by atoms with Gasteiger partial charge in [-0.05, 0) is 6.07 Å². The Morgan fingerprint density at radius 2 is 1.77 bits per heavy atom. The highest BCUT2D eigenvalue weighted by Crippen LogP contribution is 2.25. The van der Waals surface area contributed by atoms with Gasteiger partial charge in [0, 0.05) is 6.07 Å². The molecular formula is C7H7F4NO. The van der Waals surface area contributed by atoms with Crippen molar-refractivity contribution in [1.29, 1.82) is 0 Å². The fourth-order valence-electron chi connectivity index (χ4n) is 0.613. The molecule has 1 aromatic heterocycles. The number of alkyl halides is 4. The van der Waals surface area contributed by atoms with Crippen LogP contribution >= 0.6 is 0 Å². The Kier molecular flexibility index (Phi) is 4.16. The minimum Gasteiger partial charge on any atom is -0.318 e. The summed E-state index contributed by atoms with van der Waals surface area (Å²) in [5.74, 6) is 0. The van der Waals surface area contributed by atoms with Crippen molar-refractivity contribution in [2.24, 2.45) is 0 Å². The van der Waals surface area contributed by atoms with Crippen LogP contribution in [0.2, 0.25) is 0 Å². The third kappa shape index (κ3) is 3.73. The molecular weight excluding hydrogens is 190 g/mol. The minimum absolute atomic E-state index is 0.500. The van der Waals surface area contributed by atoms with Crippen LogP contribution in [0.15, 0.2) is 23.0 Å². The average molecular weight is 197 g/mol. The maximum Gasteiger partial charge on any atom is 0.431 e. The average Bonchev–Trinajstić information content (AvgIpc) is 2.06. The smallest absolute Gasteiger partial charge is 0.318 e. The zero-order valence-corrected chi connectivity index (χ0v) is 6.65. The second-order valence-corrected chi connectivity index (χ2v) is 1.93. The fraction of sp³-hybridized carbons (Fsp3) is 0.286. The molecule has 0 fully saturated rings. The van der Waals surface area contributed by atoms with Gasteiger partial charge in [-0.2, -0.15) is 13.2 Å². The standard InChI is InChI=1S/C6H4F3NO.CH3F/c7-6(8,9)4-2-1-3-5(11)10-4;1-2/h1-3H,(H,10,11);1H3. The molecule has 0 aromatic carbocycles. The van der Waals surface area contributed by atoms with Gasteiger partial charge in [-0.1, -0.05) is 6.07 Å². The van der Waals surface area contributed by atoms with Gasteiger partial charge in [0.15, 0.2) is 0 Å². The van der Waals surface area contributed by atoms with E-state index in [1.807, 2.05) is 0 Å². The Labute approximate surface area is 71.2 Å². The van der Waals surface area contributed by atoms with Crippen LogP contribution in [0.1, 0.15) is 5.69 Å². The molecule has 0 spiro atoms. The molecule has 0 bridgehead atoms. The van der Waals surface area contributed by atoms with E-state index in [1.165, 1.54) is 0 Å². The number of hydrogen-bond donors (Lipinski definition) is 1. The van der Waals surface area contributed by atoms with E-state index < -0.39 is 17.4 Å². The largest absolute Gasteiger partial charge is 0.431 e. The Bertz CT molecular complexity index is 304. The SMILES string of the molecule is CF.O=c1cccc(C(F)(F)F)[nH]1. The van der Waals surface area contributed by atoms with Crippen molar-refractivity contribution in [3.05, 3.63) is 34.2 Å². The molecule has 0 unspecified atom stereocenters. The highest BCUT2D eigenvalue weighted by atomic mass is 19.4. The third-order valence-electron chi connectivity index (χ3n) is 1.07. The lowest BCUT2D eigenvalue weighted by atomic mass is 10.3. The van der Waals surface area contributed by atoms with Crippen molar-refractivity contribution in [1.82, 2.24) is 4.98 Å². The highest BCUT2D eigenvalue weighted by molar-refractivity contribution is 5.06. The molecule has 0 aliphatic carbocycles. The first kappa shape index (κ1) is 11.7. The van der Waals surface area contributed by atoms with E-state index in [0.29, 0.717) is 7.18 Å². The Balaban J connectivity index is 0.000000671. The van der Waals surface area contributed by atoms with Crippen molar-refractivity contribution < 1.29 is 17.6 Å². The first-order valence-corrected chi connectivity index (χ1v) is 3.14. The summed E-state index contributed by atoms with van der Waals surface area (Å²) >= 11 is 0. The van der Waals surface area contributed by atoms with Crippen LogP contribution in [0.4, 0.5) is 17.6 Å².